The molecule has 2 fully saturated rings. The first-order chi connectivity index (χ1) is 22.2. The Morgan fingerprint density at radius 1 is 0.935 bits per heavy atom. The van der Waals surface area contributed by atoms with Crippen LogP contribution in [0, 0.1) is 0 Å². The number of carbonyl (C=O) groups is 2. The number of H-pyrrole nitrogens is 1. The Morgan fingerprint density at radius 2 is 1.59 bits per heavy atom. The van der Waals surface area contributed by atoms with Crippen molar-refractivity contribution in [2.75, 3.05) is 44.2 Å². The number of carbonyl (C=O) groups excluding carboxylic acids is 2. The molecule has 0 bridgehead atoms. The summed E-state index contributed by atoms with van der Waals surface area (Å²) >= 11 is 6.72. The van der Waals surface area contributed by atoms with Gasteiger partial charge in [-0.05, 0) is 86.7 Å². The number of phenols is 1. The number of pyridine rings is 1. The first-order valence-electron chi connectivity index (χ1n) is 15.1. The highest BCUT2D eigenvalue weighted by atomic mass is 79.9. The molecule has 2 saturated heterocycles. The van der Waals surface area contributed by atoms with Gasteiger partial charge in [-0.2, -0.15) is 0 Å². The number of hydrogen-bond donors (Lipinski definition) is 3. The van der Waals surface area contributed by atoms with Gasteiger partial charge >= 0.3 is 11.7 Å². The molecule has 2 aliphatic heterocycles. The number of piperidine rings is 1. The Morgan fingerprint density at radius 3 is 2.26 bits per heavy atom. The molecule has 1 atom stereocenters. The minimum atomic E-state index is -0.855. The summed E-state index contributed by atoms with van der Waals surface area (Å²) in [5.41, 5.74) is 1.48. The minimum Gasteiger partial charge on any atom is -0.506 e. The van der Waals surface area contributed by atoms with E-state index in [1.54, 1.807) is 58.6 Å². The highest BCUT2D eigenvalue weighted by Gasteiger charge is 2.32. The van der Waals surface area contributed by atoms with Crippen molar-refractivity contribution in [2.45, 2.75) is 31.3 Å². The molecule has 3 N–H and O–H groups in total. The molecule has 0 spiro atoms. The molecule has 0 unspecified atom stereocenters. The number of amides is 3. The number of aromatic hydroxyl groups is 1. The van der Waals surface area contributed by atoms with Gasteiger partial charge in [0.1, 0.15) is 11.8 Å². The van der Waals surface area contributed by atoms with Crippen LogP contribution in [0.5, 0.6) is 5.75 Å². The number of hydrogen-bond acceptors (Lipinski definition) is 7. The normalized spacial score (nSPS) is 16.4. The number of aromatic nitrogens is 3. The van der Waals surface area contributed by atoms with Crippen LogP contribution >= 0.6 is 31.9 Å². The number of halogens is 2. The lowest BCUT2D eigenvalue weighted by Crippen LogP contribution is -2.58. The molecule has 240 valence electrons. The second-order valence-electron chi connectivity index (χ2n) is 11.5. The lowest BCUT2D eigenvalue weighted by Gasteiger charge is -2.38. The van der Waals surface area contributed by atoms with Crippen LogP contribution in [0.4, 0.5) is 10.5 Å². The van der Waals surface area contributed by atoms with Crippen LogP contribution in [-0.4, -0.2) is 86.7 Å². The Labute approximate surface area is 281 Å². The first-order valence-corrected chi connectivity index (χ1v) is 16.7. The molecule has 2 aromatic heterocycles. The molecule has 4 aromatic rings. The number of urea groups is 1. The van der Waals surface area contributed by atoms with Gasteiger partial charge in [-0.15, -0.1) is 0 Å². The largest absolute Gasteiger partial charge is 0.506 e. The number of aromatic amines is 1. The van der Waals surface area contributed by atoms with E-state index in [1.165, 1.54) is 4.57 Å². The monoisotopic (exact) mass is 753 g/mol. The standard InChI is InChI=1S/C32H33Br2N7O5/c33-24-17-20(18-25(34)28(24)42)19-27(30(44)39-15-13-38(14-16-39)21-5-9-35-10-6-21)37-31(45)40-11-7-22(8-12-40)41-29(43)23-3-1-2-4-26(23)36-32(41)46/h1-6,9-10,17-18,22,27,42H,7-8,11-16,19H2,(H,36,46)(H,37,45)/t27-/m1/s1. The third kappa shape index (κ3) is 6.68. The molecular weight excluding hydrogens is 722 g/mol. The highest BCUT2D eigenvalue weighted by Crippen LogP contribution is 2.34. The van der Waals surface area contributed by atoms with Crippen molar-refractivity contribution in [1.29, 1.82) is 0 Å². The number of fused-ring (bicyclic) bond motifs is 1. The summed E-state index contributed by atoms with van der Waals surface area (Å²) in [6.07, 6.45) is 4.54. The Balaban J connectivity index is 1.15. The molecule has 46 heavy (non-hydrogen) atoms. The fourth-order valence-corrected chi connectivity index (χ4v) is 7.49. The highest BCUT2D eigenvalue weighted by molar-refractivity contribution is 9.11. The maximum absolute atomic E-state index is 13.9. The predicted octanol–water partition coefficient (Wildman–Crippen LogP) is 3.62. The van der Waals surface area contributed by atoms with E-state index in [-0.39, 0.29) is 35.7 Å². The molecule has 14 heteroatoms. The number of rotatable bonds is 6. The fourth-order valence-electron chi connectivity index (χ4n) is 6.21. The SMILES string of the molecule is O=C(N[C@H](Cc1cc(Br)c(O)c(Br)c1)C(=O)N1CCN(c2ccncc2)CC1)N1CCC(n2c(=O)[nH]c3ccccc3c2=O)CC1. The first kappa shape index (κ1) is 31.8. The smallest absolute Gasteiger partial charge is 0.329 e. The van der Waals surface area contributed by atoms with E-state index in [2.05, 4.69) is 52.0 Å². The van der Waals surface area contributed by atoms with Gasteiger partial charge in [-0.3, -0.25) is 19.1 Å². The summed E-state index contributed by atoms with van der Waals surface area (Å²) in [6.45, 7) is 2.92. The van der Waals surface area contributed by atoms with Gasteiger partial charge in [-0.25, -0.2) is 9.59 Å². The van der Waals surface area contributed by atoms with E-state index in [9.17, 15) is 24.3 Å². The molecule has 3 amide bonds. The van der Waals surface area contributed by atoms with E-state index >= 15 is 0 Å². The molecule has 6 rings (SSSR count). The van der Waals surface area contributed by atoms with Crippen molar-refractivity contribution >= 4 is 60.4 Å². The zero-order valence-electron chi connectivity index (χ0n) is 24.9. The Kier molecular flexibility index (Phi) is 9.45. The van der Waals surface area contributed by atoms with E-state index in [1.807, 2.05) is 12.1 Å². The Hall–Kier alpha value is -4.17. The summed E-state index contributed by atoms with van der Waals surface area (Å²) in [7, 11) is 0. The molecule has 2 aliphatic rings. The van der Waals surface area contributed by atoms with E-state index in [0.717, 1.165) is 11.3 Å². The van der Waals surface area contributed by atoms with Gasteiger partial charge in [0.2, 0.25) is 5.91 Å². The van der Waals surface area contributed by atoms with Crippen LogP contribution in [0.3, 0.4) is 0 Å². The van der Waals surface area contributed by atoms with Crippen molar-refractivity contribution in [2.24, 2.45) is 0 Å². The maximum Gasteiger partial charge on any atom is 0.329 e. The molecule has 0 radical (unpaired) electrons. The third-order valence-electron chi connectivity index (χ3n) is 8.69. The number of likely N-dealkylation sites (tertiary alicyclic amines) is 1. The average molecular weight is 755 g/mol. The third-order valence-corrected chi connectivity index (χ3v) is 9.89. The van der Waals surface area contributed by atoms with Gasteiger partial charge in [0.25, 0.3) is 5.56 Å². The van der Waals surface area contributed by atoms with Crippen molar-refractivity contribution in [3.63, 3.8) is 0 Å². The predicted molar refractivity (Wildman–Crippen MR) is 181 cm³/mol. The summed E-state index contributed by atoms with van der Waals surface area (Å²) in [5, 5.41) is 13.6. The van der Waals surface area contributed by atoms with Gasteiger partial charge in [0, 0.05) is 69.8 Å². The zero-order valence-corrected chi connectivity index (χ0v) is 28.0. The van der Waals surface area contributed by atoms with Gasteiger partial charge in [0.05, 0.1) is 19.8 Å². The van der Waals surface area contributed by atoms with Crippen molar-refractivity contribution in [3.8, 4) is 5.75 Å². The summed E-state index contributed by atoms with van der Waals surface area (Å²) in [5.74, 6) is -0.137. The molecule has 4 heterocycles. The molecule has 2 aromatic carbocycles. The maximum atomic E-state index is 13.9. The molecular formula is C32H33Br2N7O5. The van der Waals surface area contributed by atoms with Crippen LogP contribution in [0.2, 0.25) is 0 Å². The summed E-state index contributed by atoms with van der Waals surface area (Å²) in [4.78, 5) is 66.0. The number of anilines is 1. The van der Waals surface area contributed by atoms with Gasteiger partial charge < -0.3 is 30.1 Å². The fraction of sp³-hybridized carbons (Fsp3) is 0.344. The second kappa shape index (κ2) is 13.7. The van der Waals surface area contributed by atoms with Gasteiger partial charge in [0.15, 0.2) is 0 Å². The molecule has 0 aliphatic carbocycles. The topological polar surface area (TPSA) is 144 Å². The Bertz CT molecular complexity index is 1840. The van der Waals surface area contributed by atoms with E-state index in [0.29, 0.717) is 72.0 Å². The van der Waals surface area contributed by atoms with E-state index < -0.39 is 11.7 Å². The number of nitrogens with zero attached hydrogens (tertiary/aromatic N) is 5. The summed E-state index contributed by atoms with van der Waals surface area (Å²) < 4.78 is 2.21. The van der Waals surface area contributed by atoms with Crippen molar-refractivity contribution in [1.82, 2.24) is 29.7 Å². The average Bonchev–Trinajstić information content (AvgIpc) is 3.07. The van der Waals surface area contributed by atoms with Crippen LogP contribution in [0.15, 0.2) is 79.5 Å². The second-order valence-corrected chi connectivity index (χ2v) is 13.2. The van der Waals surface area contributed by atoms with E-state index in [4.69, 9.17) is 0 Å². The number of nitrogens with one attached hydrogen (secondary N) is 2. The lowest BCUT2D eigenvalue weighted by molar-refractivity contribution is -0.133. The molecule has 12 nitrogen and oxygen atoms in total. The zero-order chi connectivity index (χ0) is 32.4. The van der Waals surface area contributed by atoms with Crippen molar-refractivity contribution < 1.29 is 14.7 Å². The number of piperazine rings is 1. The number of benzene rings is 2. The quantitative estimate of drug-likeness (QED) is 0.273. The minimum absolute atomic E-state index is 0.0510. The van der Waals surface area contributed by atoms with Gasteiger partial charge in [-0.1, -0.05) is 12.1 Å². The van der Waals surface area contributed by atoms with Crippen molar-refractivity contribution in [3.05, 3.63) is 96.3 Å². The molecule has 0 saturated carbocycles. The lowest BCUT2D eigenvalue weighted by atomic mass is 10.0. The number of para-hydroxylation sites is 1. The summed E-state index contributed by atoms with van der Waals surface area (Å²) in [6, 6.07) is 12.7. The van der Waals surface area contributed by atoms with Crippen LogP contribution in [0.1, 0.15) is 24.4 Å². The van der Waals surface area contributed by atoms with Crippen LogP contribution in [0.25, 0.3) is 10.9 Å². The van der Waals surface area contributed by atoms with Crippen LogP contribution < -0.4 is 21.5 Å². The van der Waals surface area contributed by atoms with Crippen LogP contribution in [-0.2, 0) is 11.2 Å². The number of phenolic OH excluding ortho intramolecular Hbond substituents is 1.